The van der Waals surface area contributed by atoms with E-state index in [9.17, 15) is 22.0 Å². The molecule has 0 aliphatic heterocycles. The van der Waals surface area contributed by atoms with Gasteiger partial charge in [0.1, 0.15) is 16.5 Å². The number of nitrogens with two attached hydrogens (primary N) is 1. The lowest BCUT2D eigenvalue weighted by Gasteiger charge is -2.10. The van der Waals surface area contributed by atoms with Gasteiger partial charge in [-0.25, -0.2) is 22.3 Å². The number of carbonyl (C=O) groups excluding carboxylic acids is 1. The molecule has 3 N–H and O–H groups in total. The average molecular weight is 322 g/mol. The van der Waals surface area contributed by atoms with Crippen molar-refractivity contribution in [3.63, 3.8) is 0 Å². The number of ether oxygens (including phenoxy) is 1. The van der Waals surface area contributed by atoms with E-state index in [0.717, 1.165) is 0 Å². The lowest BCUT2D eigenvalue weighted by atomic mass is 10.2. The molecule has 0 saturated heterocycles. The van der Waals surface area contributed by atoms with Gasteiger partial charge in [-0.2, -0.15) is 0 Å². The van der Waals surface area contributed by atoms with E-state index in [1.807, 2.05) is 0 Å². The Morgan fingerprint density at radius 1 is 1.33 bits per heavy atom. The minimum atomic E-state index is -4.39. The van der Waals surface area contributed by atoms with Gasteiger partial charge in [0.15, 0.2) is 0 Å². The number of carbonyl (C=O) groups is 1. The largest absolute Gasteiger partial charge is 0.377 e. The van der Waals surface area contributed by atoms with Crippen molar-refractivity contribution < 1.29 is 26.7 Å². The zero-order valence-electron chi connectivity index (χ0n) is 11.5. The third-order valence-electron chi connectivity index (χ3n) is 2.41. The maximum absolute atomic E-state index is 13.5. The number of benzene rings is 1. The molecule has 0 spiro atoms. The highest BCUT2D eigenvalue weighted by Gasteiger charge is 2.21. The van der Waals surface area contributed by atoms with E-state index in [1.54, 1.807) is 13.8 Å². The molecular weight excluding hydrogens is 306 g/mol. The van der Waals surface area contributed by atoms with Gasteiger partial charge in [-0.15, -0.1) is 0 Å². The van der Waals surface area contributed by atoms with E-state index in [2.05, 4.69) is 5.32 Å². The third-order valence-corrected chi connectivity index (χ3v) is 3.34. The molecule has 1 rings (SSSR count). The molecule has 1 amide bonds. The Bertz CT molecular complexity index is 632. The predicted octanol–water partition coefficient (Wildman–Crippen LogP) is 0.767. The van der Waals surface area contributed by atoms with Crippen LogP contribution in [0.15, 0.2) is 17.0 Å². The maximum Gasteiger partial charge on any atom is 0.254 e. The van der Waals surface area contributed by atoms with Crippen molar-refractivity contribution >= 4 is 15.9 Å². The van der Waals surface area contributed by atoms with Gasteiger partial charge >= 0.3 is 0 Å². The van der Waals surface area contributed by atoms with Crippen molar-refractivity contribution in [2.75, 3.05) is 13.2 Å². The van der Waals surface area contributed by atoms with Crippen LogP contribution in [0.4, 0.5) is 8.78 Å². The van der Waals surface area contributed by atoms with E-state index in [-0.39, 0.29) is 19.3 Å². The Kier molecular flexibility index (Phi) is 5.76. The van der Waals surface area contributed by atoms with Crippen molar-refractivity contribution in [1.82, 2.24) is 5.32 Å². The number of hydrogen-bond acceptors (Lipinski definition) is 4. The number of nitrogens with one attached hydrogen (secondary N) is 1. The van der Waals surface area contributed by atoms with Crippen molar-refractivity contribution in [2.45, 2.75) is 24.8 Å². The summed E-state index contributed by atoms with van der Waals surface area (Å²) in [5, 5.41) is 7.12. The number of amides is 1. The molecule has 21 heavy (non-hydrogen) atoms. The molecule has 0 heterocycles. The van der Waals surface area contributed by atoms with E-state index < -0.39 is 38.0 Å². The van der Waals surface area contributed by atoms with Crippen molar-refractivity contribution in [1.29, 1.82) is 0 Å². The summed E-state index contributed by atoms with van der Waals surface area (Å²) in [7, 11) is -4.39. The molecule has 0 saturated carbocycles. The highest BCUT2D eigenvalue weighted by atomic mass is 32.2. The lowest BCUT2D eigenvalue weighted by molar-refractivity contribution is 0.0745. The predicted molar refractivity (Wildman–Crippen MR) is 71.2 cm³/mol. The van der Waals surface area contributed by atoms with Crippen LogP contribution in [0.3, 0.4) is 0 Å². The van der Waals surface area contributed by atoms with E-state index in [4.69, 9.17) is 9.88 Å². The highest BCUT2D eigenvalue weighted by Crippen LogP contribution is 2.18. The Balaban J connectivity index is 2.90. The summed E-state index contributed by atoms with van der Waals surface area (Å²) in [6.45, 7) is 3.91. The zero-order valence-corrected chi connectivity index (χ0v) is 12.3. The first-order chi connectivity index (χ1) is 9.62. The van der Waals surface area contributed by atoms with E-state index in [0.29, 0.717) is 12.1 Å². The topological polar surface area (TPSA) is 98.5 Å². The van der Waals surface area contributed by atoms with Gasteiger partial charge in [-0.05, 0) is 19.9 Å². The monoisotopic (exact) mass is 322 g/mol. The number of hydrogen-bond donors (Lipinski definition) is 2. The quantitative estimate of drug-likeness (QED) is 0.756. The fourth-order valence-corrected chi connectivity index (χ4v) is 2.09. The van der Waals surface area contributed by atoms with Crippen LogP contribution in [-0.4, -0.2) is 33.6 Å². The molecule has 0 atom stereocenters. The summed E-state index contributed by atoms with van der Waals surface area (Å²) in [5.74, 6) is -3.42. The van der Waals surface area contributed by atoms with Crippen LogP contribution < -0.4 is 10.5 Å². The minimum absolute atomic E-state index is 0.0292. The first-order valence-corrected chi connectivity index (χ1v) is 7.59. The number of sulfonamides is 1. The molecule has 1 aromatic carbocycles. The second kappa shape index (κ2) is 6.92. The number of halogens is 2. The van der Waals surface area contributed by atoms with Gasteiger partial charge in [0.25, 0.3) is 5.91 Å². The number of primary sulfonamides is 1. The Morgan fingerprint density at radius 2 is 1.95 bits per heavy atom. The molecule has 0 aliphatic carbocycles. The van der Waals surface area contributed by atoms with Gasteiger partial charge in [-0.3, -0.25) is 4.79 Å². The smallest absolute Gasteiger partial charge is 0.254 e. The molecule has 0 aromatic heterocycles. The lowest BCUT2D eigenvalue weighted by Crippen LogP contribution is -2.29. The zero-order chi connectivity index (χ0) is 16.2. The summed E-state index contributed by atoms with van der Waals surface area (Å²) in [5.41, 5.74) is -0.607. The molecule has 0 radical (unpaired) electrons. The van der Waals surface area contributed by atoms with E-state index >= 15 is 0 Å². The first-order valence-electron chi connectivity index (χ1n) is 6.04. The van der Waals surface area contributed by atoms with Gasteiger partial charge in [0.05, 0.1) is 18.3 Å². The number of rotatable bonds is 6. The van der Waals surface area contributed by atoms with Crippen molar-refractivity contribution in [3.05, 3.63) is 29.3 Å². The normalized spacial score (nSPS) is 11.7. The van der Waals surface area contributed by atoms with Gasteiger partial charge < -0.3 is 10.1 Å². The SMILES string of the molecule is CC(C)OCCNC(=O)c1cc(S(N)(=O)=O)c(F)cc1F. The van der Waals surface area contributed by atoms with Crippen LogP contribution in [0.2, 0.25) is 0 Å². The molecule has 0 aliphatic rings. The van der Waals surface area contributed by atoms with Gasteiger partial charge in [0.2, 0.25) is 10.0 Å². The molecule has 1 aromatic rings. The third kappa shape index (κ3) is 5.03. The average Bonchev–Trinajstić information content (AvgIpc) is 2.32. The summed E-state index contributed by atoms with van der Waals surface area (Å²) in [4.78, 5) is 10.8. The maximum atomic E-state index is 13.5. The van der Waals surface area contributed by atoms with Crippen LogP contribution in [0.25, 0.3) is 0 Å². The van der Waals surface area contributed by atoms with Crippen LogP contribution in [0.5, 0.6) is 0 Å². The van der Waals surface area contributed by atoms with Crippen LogP contribution in [0.1, 0.15) is 24.2 Å². The Morgan fingerprint density at radius 3 is 2.48 bits per heavy atom. The van der Waals surface area contributed by atoms with Crippen LogP contribution in [0, 0.1) is 11.6 Å². The first kappa shape index (κ1) is 17.5. The highest BCUT2D eigenvalue weighted by molar-refractivity contribution is 7.89. The van der Waals surface area contributed by atoms with Crippen molar-refractivity contribution in [3.8, 4) is 0 Å². The van der Waals surface area contributed by atoms with Crippen LogP contribution in [-0.2, 0) is 14.8 Å². The van der Waals surface area contributed by atoms with Gasteiger partial charge in [0, 0.05) is 12.6 Å². The van der Waals surface area contributed by atoms with Crippen molar-refractivity contribution in [2.24, 2.45) is 5.14 Å². The summed E-state index contributed by atoms with van der Waals surface area (Å²) in [6, 6.07) is 0.873. The molecule has 0 unspecified atom stereocenters. The standard InChI is InChI=1S/C12H16F2N2O4S/c1-7(2)20-4-3-16-12(17)8-5-11(21(15,18)19)10(14)6-9(8)13/h5-7H,3-4H2,1-2H3,(H,16,17)(H2,15,18,19). The molecule has 6 nitrogen and oxygen atoms in total. The Labute approximate surface area is 121 Å². The second-order valence-corrected chi connectivity index (χ2v) is 6.01. The second-order valence-electron chi connectivity index (χ2n) is 4.48. The fourth-order valence-electron chi connectivity index (χ4n) is 1.48. The molecule has 118 valence electrons. The molecule has 0 fully saturated rings. The molecule has 0 bridgehead atoms. The Hall–Kier alpha value is -1.58. The summed E-state index contributed by atoms with van der Waals surface area (Å²) >= 11 is 0. The molecule has 9 heteroatoms. The van der Waals surface area contributed by atoms with Gasteiger partial charge in [-0.1, -0.05) is 0 Å². The minimum Gasteiger partial charge on any atom is -0.377 e. The molecular formula is C12H16F2N2O4S. The van der Waals surface area contributed by atoms with Crippen LogP contribution >= 0.6 is 0 Å². The van der Waals surface area contributed by atoms with E-state index in [1.165, 1.54) is 0 Å². The summed E-state index contributed by atoms with van der Waals surface area (Å²) < 4.78 is 54.3. The summed E-state index contributed by atoms with van der Waals surface area (Å²) in [6.07, 6.45) is -0.0292. The fraction of sp³-hybridized carbons (Fsp3) is 0.417.